The molecular weight excluding hydrogens is 382 g/mol. The van der Waals surface area contributed by atoms with E-state index in [1.165, 1.54) is 11.1 Å². The van der Waals surface area contributed by atoms with Crippen molar-refractivity contribution in [3.63, 3.8) is 0 Å². The number of nitrogens with one attached hydrogen (secondary N) is 1. The first-order valence-corrected chi connectivity index (χ1v) is 10.3. The van der Waals surface area contributed by atoms with Crippen LogP contribution in [0.1, 0.15) is 16.7 Å². The van der Waals surface area contributed by atoms with Crippen LogP contribution in [0.5, 0.6) is 5.75 Å². The third-order valence-electron chi connectivity index (χ3n) is 5.43. The third kappa shape index (κ3) is 4.01. The molecule has 1 aliphatic rings. The van der Waals surface area contributed by atoms with Crippen LogP contribution in [-0.4, -0.2) is 5.84 Å². The van der Waals surface area contributed by atoms with E-state index in [2.05, 4.69) is 40.6 Å². The number of anilines is 1. The van der Waals surface area contributed by atoms with Gasteiger partial charge in [-0.15, -0.1) is 0 Å². The van der Waals surface area contributed by atoms with E-state index in [1.54, 1.807) is 0 Å². The number of nitrogens with two attached hydrogens (primary N) is 1. The Bertz CT molecular complexity index is 1230. The molecule has 0 aromatic heterocycles. The third-order valence-corrected chi connectivity index (χ3v) is 5.43. The number of benzene rings is 4. The molecule has 1 aliphatic heterocycles. The average Bonchev–Trinajstić information content (AvgIpc) is 2.83. The maximum Gasteiger partial charge on any atom is 0.132 e. The molecule has 0 radical (unpaired) electrons. The van der Waals surface area contributed by atoms with Gasteiger partial charge in [0.25, 0.3) is 0 Å². The summed E-state index contributed by atoms with van der Waals surface area (Å²) < 4.78 is 5.86. The number of hydrogen-bond acceptors (Lipinski definition) is 3. The molecule has 4 heteroatoms. The van der Waals surface area contributed by atoms with Crippen LogP contribution in [0.25, 0.3) is 11.1 Å². The predicted octanol–water partition coefficient (Wildman–Crippen LogP) is 5.90. The largest absolute Gasteiger partial charge is 0.489 e. The summed E-state index contributed by atoms with van der Waals surface area (Å²) in [7, 11) is 0. The Labute approximate surface area is 182 Å². The molecule has 5 rings (SSSR count). The highest BCUT2D eigenvalue weighted by molar-refractivity contribution is 6.08. The fraction of sp³-hybridized carbons (Fsp3) is 0.0741. The van der Waals surface area contributed by atoms with E-state index >= 15 is 0 Å². The summed E-state index contributed by atoms with van der Waals surface area (Å²) >= 11 is 0. The zero-order valence-electron chi connectivity index (χ0n) is 17.1. The number of hydrogen-bond donors (Lipinski definition) is 2. The Hall–Kier alpha value is -4.05. The van der Waals surface area contributed by atoms with E-state index in [4.69, 9.17) is 10.5 Å². The van der Waals surface area contributed by atoms with E-state index in [0.29, 0.717) is 12.4 Å². The molecule has 4 nitrogen and oxygen atoms in total. The molecule has 4 aromatic carbocycles. The minimum Gasteiger partial charge on any atom is -0.489 e. The van der Waals surface area contributed by atoms with Gasteiger partial charge in [-0.05, 0) is 47.0 Å². The first kappa shape index (κ1) is 18.9. The number of amidine groups is 1. The Morgan fingerprint density at radius 1 is 0.839 bits per heavy atom. The summed E-state index contributed by atoms with van der Waals surface area (Å²) in [5, 5.41) is 3.49. The molecule has 31 heavy (non-hydrogen) atoms. The summed E-state index contributed by atoms with van der Waals surface area (Å²) in [6.45, 7) is 1.35. The van der Waals surface area contributed by atoms with Crippen molar-refractivity contribution in [1.82, 2.24) is 0 Å². The second kappa shape index (κ2) is 8.36. The van der Waals surface area contributed by atoms with Crippen molar-refractivity contribution in [2.45, 2.75) is 13.2 Å². The predicted molar refractivity (Wildman–Crippen MR) is 127 cm³/mol. The van der Waals surface area contributed by atoms with E-state index in [0.717, 1.165) is 40.4 Å². The average molecular weight is 406 g/mol. The molecule has 0 saturated heterocycles. The Balaban J connectivity index is 1.39. The van der Waals surface area contributed by atoms with Crippen molar-refractivity contribution < 1.29 is 4.74 Å². The topological polar surface area (TPSA) is 59.6 Å². The molecular formula is C27H23N3O. The van der Waals surface area contributed by atoms with Gasteiger partial charge in [0.15, 0.2) is 0 Å². The lowest BCUT2D eigenvalue weighted by Gasteiger charge is -2.24. The molecule has 0 aliphatic carbocycles. The van der Waals surface area contributed by atoms with Gasteiger partial charge in [0.2, 0.25) is 0 Å². The Morgan fingerprint density at radius 3 is 2.45 bits per heavy atom. The molecule has 1 heterocycles. The number of nitrogens with zero attached hydrogens (tertiary/aromatic N) is 1. The van der Waals surface area contributed by atoms with Crippen LogP contribution in [0.2, 0.25) is 0 Å². The van der Waals surface area contributed by atoms with Gasteiger partial charge >= 0.3 is 0 Å². The van der Waals surface area contributed by atoms with Crippen LogP contribution < -0.4 is 15.8 Å². The number of rotatable bonds is 5. The molecule has 152 valence electrons. The van der Waals surface area contributed by atoms with Gasteiger partial charge in [0.05, 0.1) is 5.69 Å². The second-order valence-corrected chi connectivity index (χ2v) is 7.50. The van der Waals surface area contributed by atoms with Crippen molar-refractivity contribution in [3.05, 3.63) is 114 Å². The molecule has 0 spiro atoms. The van der Waals surface area contributed by atoms with Crippen LogP contribution in [0.3, 0.4) is 0 Å². The number of aliphatic imine (C=N–C) groups is 1. The minimum absolute atomic E-state index is 0.494. The smallest absolute Gasteiger partial charge is 0.132 e. The van der Waals surface area contributed by atoms with Crippen molar-refractivity contribution >= 4 is 17.2 Å². The molecule has 3 N–H and O–H groups in total. The lowest BCUT2D eigenvalue weighted by molar-refractivity contribution is 0.306. The summed E-state index contributed by atoms with van der Waals surface area (Å²) in [4.78, 5) is 4.68. The van der Waals surface area contributed by atoms with Gasteiger partial charge < -0.3 is 15.8 Å². The van der Waals surface area contributed by atoms with Crippen LogP contribution in [0.4, 0.5) is 11.4 Å². The maximum absolute atomic E-state index is 6.47. The van der Waals surface area contributed by atoms with Crippen molar-refractivity contribution in [3.8, 4) is 16.9 Å². The highest BCUT2D eigenvalue weighted by Gasteiger charge is 2.19. The molecule has 0 atom stereocenters. The van der Waals surface area contributed by atoms with Crippen molar-refractivity contribution in [2.75, 3.05) is 5.32 Å². The van der Waals surface area contributed by atoms with E-state index < -0.39 is 0 Å². The van der Waals surface area contributed by atoms with Gasteiger partial charge in [-0.1, -0.05) is 66.7 Å². The molecule has 0 bridgehead atoms. The van der Waals surface area contributed by atoms with Gasteiger partial charge in [0.1, 0.15) is 18.2 Å². The standard InChI is InChI=1S/C27H23N3O/c28-27(24-11-6-12-25-26(24)23-10-5-4-9-20(23)17-29-25)30-21-13-15-22(16-14-21)31-18-19-7-2-1-3-8-19/h1-16,29H,17-18H2,(H2,28,30). The van der Waals surface area contributed by atoms with Gasteiger partial charge in [-0.3, -0.25) is 0 Å². The van der Waals surface area contributed by atoms with Gasteiger partial charge in [-0.25, -0.2) is 4.99 Å². The van der Waals surface area contributed by atoms with E-state index in [1.807, 2.05) is 66.7 Å². The number of fused-ring (bicyclic) bond motifs is 3. The summed E-state index contributed by atoms with van der Waals surface area (Å²) in [6.07, 6.45) is 0. The molecule has 0 saturated carbocycles. The zero-order chi connectivity index (χ0) is 21.0. The zero-order valence-corrected chi connectivity index (χ0v) is 17.1. The normalized spacial score (nSPS) is 12.5. The van der Waals surface area contributed by atoms with E-state index in [-0.39, 0.29) is 0 Å². The quantitative estimate of drug-likeness (QED) is 0.321. The number of ether oxygens (including phenoxy) is 1. The minimum atomic E-state index is 0.494. The highest BCUT2D eigenvalue weighted by Crippen LogP contribution is 2.38. The first-order chi connectivity index (χ1) is 15.3. The van der Waals surface area contributed by atoms with Crippen LogP contribution in [0.15, 0.2) is 102 Å². The monoisotopic (exact) mass is 405 g/mol. The highest BCUT2D eigenvalue weighted by atomic mass is 16.5. The first-order valence-electron chi connectivity index (χ1n) is 10.3. The lowest BCUT2D eigenvalue weighted by atomic mass is 9.90. The van der Waals surface area contributed by atoms with Gasteiger partial charge in [-0.2, -0.15) is 0 Å². The van der Waals surface area contributed by atoms with E-state index in [9.17, 15) is 0 Å². The summed E-state index contributed by atoms with van der Waals surface area (Å²) in [5.41, 5.74) is 14.0. The van der Waals surface area contributed by atoms with Crippen LogP contribution in [0, 0.1) is 0 Å². The van der Waals surface area contributed by atoms with Crippen LogP contribution in [-0.2, 0) is 13.2 Å². The Morgan fingerprint density at radius 2 is 1.61 bits per heavy atom. The van der Waals surface area contributed by atoms with Crippen molar-refractivity contribution in [1.29, 1.82) is 0 Å². The van der Waals surface area contributed by atoms with Gasteiger partial charge in [0, 0.05) is 23.4 Å². The molecule has 4 aromatic rings. The summed E-state index contributed by atoms with van der Waals surface area (Å²) in [5.74, 6) is 1.30. The Kier molecular flexibility index (Phi) is 5.11. The molecule has 0 unspecified atom stereocenters. The fourth-order valence-corrected chi connectivity index (χ4v) is 3.87. The summed E-state index contributed by atoms with van der Waals surface area (Å²) in [6, 6.07) is 32.3. The fourth-order valence-electron chi connectivity index (χ4n) is 3.87. The van der Waals surface area contributed by atoms with Crippen LogP contribution >= 0.6 is 0 Å². The molecule has 0 amide bonds. The molecule has 0 fully saturated rings. The maximum atomic E-state index is 6.47. The lowest BCUT2D eigenvalue weighted by Crippen LogP contribution is -2.17. The van der Waals surface area contributed by atoms with Crippen molar-refractivity contribution in [2.24, 2.45) is 10.7 Å². The SMILES string of the molecule is NC(=Nc1ccc(OCc2ccccc2)cc1)c1cccc2c1-c1ccccc1CN2. The second-order valence-electron chi connectivity index (χ2n) is 7.50.